The summed E-state index contributed by atoms with van der Waals surface area (Å²) in [4.78, 5) is 0. The summed E-state index contributed by atoms with van der Waals surface area (Å²) in [5, 5.41) is 4.33. The lowest BCUT2D eigenvalue weighted by Gasteiger charge is -2.07. The van der Waals surface area contributed by atoms with Crippen molar-refractivity contribution in [3.8, 4) is 0 Å². The van der Waals surface area contributed by atoms with Gasteiger partial charge in [-0.25, -0.2) is 0 Å². The van der Waals surface area contributed by atoms with Crippen LogP contribution < -0.4 is 5.32 Å². The van der Waals surface area contributed by atoms with Crippen LogP contribution in [0, 0.1) is 0 Å². The van der Waals surface area contributed by atoms with Crippen molar-refractivity contribution in [1.82, 2.24) is 5.32 Å². The highest BCUT2D eigenvalue weighted by Crippen LogP contribution is 2.22. The molecule has 0 fully saturated rings. The van der Waals surface area contributed by atoms with E-state index < -0.39 is 0 Å². The fourth-order valence-corrected chi connectivity index (χ4v) is 2.98. The summed E-state index contributed by atoms with van der Waals surface area (Å²) in [6.45, 7) is 1.96. The van der Waals surface area contributed by atoms with E-state index in [1.54, 1.807) is 11.1 Å². The Bertz CT molecular complexity index is 574. The van der Waals surface area contributed by atoms with E-state index in [1.165, 1.54) is 30.4 Å². The lowest BCUT2D eigenvalue weighted by atomic mass is 10.1. The van der Waals surface area contributed by atoms with Gasteiger partial charge in [0.25, 0.3) is 0 Å². The molecule has 0 unspecified atom stereocenters. The quantitative estimate of drug-likeness (QED) is 0.814. The van der Waals surface area contributed by atoms with Gasteiger partial charge in [-0.3, -0.25) is 0 Å². The van der Waals surface area contributed by atoms with E-state index in [1.807, 2.05) is 12.1 Å². The van der Waals surface area contributed by atoms with Gasteiger partial charge in [0.1, 0.15) is 0 Å². The second-order valence-electron chi connectivity index (χ2n) is 5.51. The summed E-state index contributed by atoms with van der Waals surface area (Å²) in [5.41, 5.74) is 5.84. The first kappa shape index (κ1) is 13.7. The number of aryl methyl sites for hydroxylation is 2. The summed E-state index contributed by atoms with van der Waals surface area (Å²) < 4.78 is 0. The minimum atomic E-state index is 0.805. The predicted molar refractivity (Wildman–Crippen MR) is 85.3 cm³/mol. The first-order chi connectivity index (χ1) is 9.81. The summed E-state index contributed by atoms with van der Waals surface area (Å²) in [6.07, 6.45) is 4.89. The van der Waals surface area contributed by atoms with E-state index >= 15 is 0 Å². The van der Waals surface area contributed by atoms with Crippen LogP contribution in [-0.2, 0) is 25.8 Å². The van der Waals surface area contributed by atoms with E-state index in [0.29, 0.717) is 0 Å². The molecule has 0 amide bonds. The van der Waals surface area contributed by atoms with Gasteiger partial charge in [-0.1, -0.05) is 41.9 Å². The SMILES string of the molecule is Clc1ccc(CCNCc2ccc3c(c2)CCC3)cc1. The van der Waals surface area contributed by atoms with Gasteiger partial charge in [-0.2, -0.15) is 0 Å². The molecule has 104 valence electrons. The molecule has 0 bridgehead atoms. The van der Waals surface area contributed by atoms with Crippen molar-refractivity contribution in [2.24, 2.45) is 0 Å². The highest BCUT2D eigenvalue weighted by molar-refractivity contribution is 6.30. The lowest BCUT2D eigenvalue weighted by Crippen LogP contribution is -2.16. The number of benzene rings is 2. The van der Waals surface area contributed by atoms with Crippen molar-refractivity contribution in [3.05, 3.63) is 69.7 Å². The Balaban J connectivity index is 1.47. The Morgan fingerprint density at radius 2 is 1.65 bits per heavy atom. The summed E-state index contributed by atoms with van der Waals surface area (Å²) >= 11 is 5.88. The van der Waals surface area contributed by atoms with Crippen LogP contribution in [0.15, 0.2) is 42.5 Å². The molecule has 2 heteroatoms. The molecular weight excluding hydrogens is 266 g/mol. The highest BCUT2D eigenvalue weighted by Gasteiger charge is 2.10. The van der Waals surface area contributed by atoms with Crippen LogP contribution in [0.2, 0.25) is 5.02 Å². The van der Waals surface area contributed by atoms with Crippen molar-refractivity contribution >= 4 is 11.6 Å². The fraction of sp³-hybridized carbons (Fsp3) is 0.333. The molecule has 0 spiro atoms. The van der Waals surface area contributed by atoms with Crippen LogP contribution in [0.5, 0.6) is 0 Å². The molecule has 0 saturated carbocycles. The first-order valence-electron chi connectivity index (χ1n) is 7.37. The van der Waals surface area contributed by atoms with Crippen molar-refractivity contribution < 1.29 is 0 Å². The zero-order chi connectivity index (χ0) is 13.8. The number of rotatable bonds is 5. The molecule has 1 aliphatic rings. The van der Waals surface area contributed by atoms with Crippen molar-refractivity contribution in [2.75, 3.05) is 6.54 Å². The normalized spacial score (nSPS) is 13.4. The topological polar surface area (TPSA) is 12.0 Å². The fourth-order valence-electron chi connectivity index (χ4n) is 2.85. The third kappa shape index (κ3) is 3.41. The lowest BCUT2D eigenvalue weighted by molar-refractivity contribution is 0.686. The molecule has 0 saturated heterocycles. The van der Waals surface area contributed by atoms with Crippen LogP contribution in [0.3, 0.4) is 0 Å². The molecule has 0 atom stereocenters. The molecule has 2 aromatic rings. The van der Waals surface area contributed by atoms with Crippen molar-refractivity contribution in [3.63, 3.8) is 0 Å². The molecule has 2 aromatic carbocycles. The maximum Gasteiger partial charge on any atom is 0.0406 e. The van der Waals surface area contributed by atoms with Gasteiger partial charge in [0.2, 0.25) is 0 Å². The Morgan fingerprint density at radius 1 is 0.900 bits per heavy atom. The predicted octanol–water partition coefficient (Wildman–Crippen LogP) is 4.16. The summed E-state index contributed by atoms with van der Waals surface area (Å²) in [7, 11) is 0. The zero-order valence-corrected chi connectivity index (χ0v) is 12.4. The highest BCUT2D eigenvalue weighted by atomic mass is 35.5. The molecule has 0 heterocycles. The van der Waals surface area contributed by atoms with Crippen LogP contribution in [-0.4, -0.2) is 6.54 Å². The van der Waals surface area contributed by atoms with Gasteiger partial charge < -0.3 is 5.32 Å². The molecule has 0 aliphatic heterocycles. The van der Waals surface area contributed by atoms with Gasteiger partial charge in [-0.05, 0) is 66.6 Å². The van der Waals surface area contributed by atoms with Crippen LogP contribution in [0.4, 0.5) is 0 Å². The first-order valence-corrected chi connectivity index (χ1v) is 7.75. The van der Waals surface area contributed by atoms with Gasteiger partial charge in [-0.15, -0.1) is 0 Å². The van der Waals surface area contributed by atoms with Crippen molar-refractivity contribution in [2.45, 2.75) is 32.2 Å². The van der Waals surface area contributed by atoms with Crippen LogP contribution in [0.1, 0.15) is 28.7 Å². The molecule has 20 heavy (non-hydrogen) atoms. The summed E-state index contributed by atoms with van der Waals surface area (Å²) in [6, 6.07) is 15.0. The van der Waals surface area contributed by atoms with E-state index in [0.717, 1.165) is 24.5 Å². The minimum absolute atomic E-state index is 0.805. The largest absolute Gasteiger partial charge is 0.312 e. The number of fused-ring (bicyclic) bond motifs is 1. The molecular formula is C18H20ClN. The molecule has 0 radical (unpaired) electrons. The Morgan fingerprint density at radius 3 is 2.50 bits per heavy atom. The van der Waals surface area contributed by atoms with E-state index in [-0.39, 0.29) is 0 Å². The van der Waals surface area contributed by atoms with Crippen LogP contribution in [0.25, 0.3) is 0 Å². The maximum absolute atomic E-state index is 5.88. The molecule has 0 aromatic heterocycles. The Hall–Kier alpha value is -1.31. The zero-order valence-electron chi connectivity index (χ0n) is 11.7. The smallest absolute Gasteiger partial charge is 0.0406 e. The average Bonchev–Trinajstić information content (AvgIpc) is 2.93. The van der Waals surface area contributed by atoms with Gasteiger partial charge >= 0.3 is 0 Å². The minimum Gasteiger partial charge on any atom is -0.312 e. The van der Waals surface area contributed by atoms with E-state index in [2.05, 4.69) is 35.6 Å². The number of nitrogens with one attached hydrogen (secondary N) is 1. The molecule has 1 nitrogen and oxygen atoms in total. The van der Waals surface area contributed by atoms with Gasteiger partial charge in [0.05, 0.1) is 0 Å². The maximum atomic E-state index is 5.88. The van der Waals surface area contributed by atoms with Crippen LogP contribution >= 0.6 is 11.6 Å². The van der Waals surface area contributed by atoms with Crippen molar-refractivity contribution in [1.29, 1.82) is 0 Å². The van der Waals surface area contributed by atoms with Gasteiger partial charge in [0, 0.05) is 11.6 Å². The third-order valence-corrected chi connectivity index (χ3v) is 4.25. The number of hydrogen-bond acceptors (Lipinski definition) is 1. The summed E-state index contributed by atoms with van der Waals surface area (Å²) in [5.74, 6) is 0. The number of hydrogen-bond donors (Lipinski definition) is 1. The number of halogens is 1. The van der Waals surface area contributed by atoms with Gasteiger partial charge in [0.15, 0.2) is 0 Å². The monoisotopic (exact) mass is 285 g/mol. The standard InChI is InChI=1S/C18H20ClN/c19-18-8-5-14(6-9-18)10-11-20-13-15-4-7-16-2-1-3-17(16)12-15/h4-9,12,20H,1-3,10-11,13H2. The van der Waals surface area contributed by atoms with E-state index in [4.69, 9.17) is 11.6 Å². The Labute approximate surface area is 126 Å². The van der Waals surface area contributed by atoms with E-state index in [9.17, 15) is 0 Å². The molecule has 3 rings (SSSR count). The second-order valence-corrected chi connectivity index (χ2v) is 5.95. The third-order valence-electron chi connectivity index (χ3n) is 4.00. The second kappa shape index (κ2) is 6.43. The molecule has 1 aliphatic carbocycles. The Kier molecular flexibility index (Phi) is 4.39. The average molecular weight is 286 g/mol. The molecule has 1 N–H and O–H groups in total.